The fourth-order valence-corrected chi connectivity index (χ4v) is 3.93. The Morgan fingerprint density at radius 3 is 2.57 bits per heavy atom. The summed E-state index contributed by atoms with van der Waals surface area (Å²) >= 11 is 3.57. The van der Waals surface area contributed by atoms with Crippen molar-refractivity contribution in [3.05, 3.63) is 5.01 Å². The molecule has 0 saturated heterocycles. The summed E-state index contributed by atoms with van der Waals surface area (Å²) in [6.45, 7) is 2.00. The van der Waals surface area contributed by atoms with Gasteiger partial charge >= 0.3 is 0 Å². The van der Waals surface area contributed by atoms with E-state index >= 15 is 0 Å². The van der Waals surface area contributed by atoms with Crippen LogP contribution in [0.2, 0.25) is 0 Å². The maximum Gasteiger partial charge on any atom is 0.174 e. The maximum atomic E-state index is 5.86. The average molecular weight is 229 g/mol. The van der Waals surface area contributed by atoms with Gasteiger partial charge in [-0.1, -0.05) is 23.1 Å². The van der Waals surface area contributed by atoms with Crippen LogP contribution in [-0.4, -0.2) is 21.5 Å². The highest BCUT2D eigenvalue weighted by Crippen LogP contribution is 2.34. The predicted molar refractivity (Wildman–Crippen MR) is 60.7 cm³/mol. The molecule has 5 heteroatoms. The first-order valence-corrected chi connectivity index (χ1v) is 6.66. The molecule has 0 atom stereocenters. The highest BCUT2D eigenvalue weighted by atomic mass is 32.2. The molecule has 0 bridgehead atoms. The van der Waals surface area contributed by atoms with Gasteiger partial charge in [0.2, 0.25) is 0 Å². The average Bonchev–Trinajstić information content (AvgIpc) is 2.56. The molecule has 1 aromatic rings. The standard InChI is InChI=1S/C9H15N3S2/c1-6-11-12-9(13-6)14-8-4-2-7(10)3-5-8/h7-8H,2-5,10H2,1H3. The van der Waals surface area contributed by atoms with Gasteiger partial charge in [0.25, 0.3) is 0 Å². The van der Waals surface area contributed by atoms with Crippen molar-refractivity contribution < 1.29 is 0 Å². The number of nitrogens with zero attached hydrogens (tertiary/aromatic N) is 2. The highest BCUT2D eigenvalue weighted by molar-refractivity contribution is 8.01. The second-order valence-corrected chi connectivity index (χ2v) is 6.47. The second kappa shape index (κ2) is 4.59. The van der Waals surface area contributed by atoms with Crippen LogP contribution < -0.4 is 5.73 Å². The van der Waals surface area contributed by atoms with Crippen LogP contribution in [-0.2, 0) is 0 Å². The lowest BCUT2D eigenvalue weighted by molar-refractivity contribution is 0.450. The first kappa shape index (κ1) is 10.4. The number of aryl methyl sites for hydroxylation is 1. The van der Waals surface area contributed by atoms with Crippen molar-refractivity contribution in [2.75, 3.05) is 0 Å². The minimum Gasteiger partial charge on any atom is -0.328 e. The molecule has 1 heterocycles. The van der Waals surface area contributed by atoms with Crippen LogP contribution in [0.4, 0.5) is 0 Å². The SMILES string of the molecule is Cc1nnc(SC2CCC(N)CC2)s1. The Morgan fingerprint density at radius 1 is 1.29 bits per heavy atom. The zero-order valence-electron chi connectivity index (χ0n) is 8.27. The van der Waals surface area contributed by atoms with Gasteiger partial charge in [0.05, 0.1) is 0 Å². The molecule has 14 heavy (non-hydrogen) atoms. The van der Waals surface area contributed by atoms with Gasteiger partial charge < -0.3 is 5.73 Å². The van der Waals surface area contributed by atoms with Gasteiger partial charge in [0.1, 0.15) is 5.01 Å². The van der Waals surface area contributed by atoms with Gasteiger partial charge in [-0.2, -0.15) is 0 Å². The summed E-state index contributed by atoms with van der Waals surface area (Å²) in [5.74, 6) is 0. The zero-order valence-corrected chi connectivity index (χ0v) is 9.90. The third-order valence-electron chi connectivity index (χ3n) is 2.49. The van der Waals surface area contributed by atoms with Crippen LogP contribution in [0.25, 0.3) is 0 Å². The van der Waals surface area contributed by atoms with E-state index in [2.05, 4.69) is 10.2 Å². The molecule has 1 fully saturated rings. The lowest BCUT2D eigenvalue weighted by Crippen LogP contribution is -2.27. The first-order valence-electron chi connectivity index (χ1n) is 4.96. The third-order valence-corrected chi connectivity index (χ3v) is 4.75. The summed E-state index contributed by atoms with van der Waals surface area (Å²) < 4.78 is 1.11. The smallest absolute Gasteiger partial charge is 0.174 e. The Balaban J connectivity index is 1.86. The van der Waals surface area contributed by atoms with Crippen LogP contribution in [0.5, 0.6) is 0 Å². The maximum absolute atomic E-state index is 5.86. The molecule has 1 saturated carbocycles. The van der Waals surface area contributed by atoms with Crippen molar-refractivity contribution in [3.8, 4) is 0 Å². The van der Waals surface area contributed by atoms with Crippen LogP contribution >= 0.6 is 23.1 Å². The molecule has 2 rings (SSSR count). The normalized spacial score (nSPS) is 27.9. The molecule has 0 amide bonds. The number of hydrogen-bond acceptors (Lipinski definition) is 5. The lowest BCUT2D eigenvalue weighted by atomic mass is 9.96. The number of aromatic nitrogens is 2. The quantitative estimate of drug-likeness (QED) is 0.844. The van der Waals surface area contributed by atoms with E-state index in [9.17, 15) is 0 Å². The van der Waals surface area contributed by atoms with Crippen molar-refractivity contribution in [3.63, 3.8) is 0 Å². The van der Waals surface area contributed by atoms with E-state index in [1.807, 2.05) is 18.7 Å². The van der Waals surface area contributed by atoms with Gasteiger partial charge in [-0.25, -0.2) is 0 Å². The Bertz CT molecular complexity index is 292. The monoisotopic (exact) mass is 229 g/mol. The van der Waals surface area contributed by atoms with Crippen molar-refractivity contribution >= 4 is 23.1 Å². The van der Waals surface area contributed by atoms with Crippen molar-refractivity contribution in [1.29, 1.82) is 0 Å². The molecule has 0 unspecified atom stereocenters. The number of thioether (sulfide) groups is 1. The molecule has 1 aromatic heterocycles. The van der Waals surface area contributed by atoms with Gasteiger partial charge in [-0.3, -0.25) is 0 Å². The molecule has 0 spiro atoms. The predicted octanol–water partition coefficient (Wildman–Crippen LogP) is 2.21. The topological polar surface area (TPSA) is 51.8 Å². The molecular formula is C9H15N3S2. The van der Waals surface area contributed by atoms with Gasteiger partial charge in [-0.15, -0.1) is 10.2 Å². The minimum absolute atomic E-state index is 0.433. The van der Waals surface area contributed by atoms with E-state index in [1.165, 1.54) is 12.8 Å². The first-order chi connectivity index (χ1) is 6.74. The van der Waals surface area contributed by atoms with Gasteiger partial charge in [-0.05, 0) is 32.6 Å². The van der Waals surface area contributed by atoms with Crippen LogP contribution in [0, 0.1) is 6.92 Å². The largest absolute Gasteiger partial charge is 0.328 e. The summed E-state index contributed by atoms with van der Waals surface area (Å²) in [5.41, 5.74) is 5.86. The summed E-state index contributed by atoms with van der Waals surface area (Å²) in [4.78, 5) is 0. The number of nitrogens with two attached hydrogens (primary N) is 1. The highest BCUT2D eigenvalue weighted by Gasteiger charge is 2.20. The molecule has 0 aliphatic heterocycles. The van der Waals surface area contributed by atoms with Crippen molar-refractivity contribution in [1.82, 2.24) is 10.2 Å². The Hall–Kier alpha value is -0.130. The molecule has 2 N–H and O–H groups in total. The minimum atomic E-state index is 0.433. The molecule has 1 aliphatic rings. The number of hydrogen-bond donors (Lipinski definition) is 1. The van der Waals surface area contributed by atoms with Gasteiger partial charge in [0.15, 0.2) is 4.34 Å². The van der Waals surface area contributed by atoms with Crippen molar-refractivity contribution in [2.24, 2.45) is 5.73 Å². The Labute approximate surface area is 92.5 Å². The summed E-state index contributed by atoms with van der Waals surface area (Å²) in [6.07, 6.45) is 4.78. The molecular weight excluding hydrogens is 214 g/mol. The van der Waals surface area contributed by atoms with E-state index < -0.39 is 0 Å². The molecule has 3 nitrogen and oxygen atoms in total. The van der Waals surface area contributed by atoms with Crippen LogP contribution in [0.3, 0.4) is 0 Å². The summed E-state index contributed by atoms with van der Waals surface area (Å²) in [5, 5.41) is 9.92. The fraction of sp³-hybridized carbons (Fsp3) is 0.778. The van der Waals surface area contributed by atoms with Crippen LogP contribution in [0.15, 0.2) is 4.34 Å². The molecule has 1 aliphatic carbocycles. The summed E-state index contributed by atoms with van der Waals surface area (Å²) in [6, 6.07) is 0.433. The Kier molecular flexibility index (Phi) is 3.41. The van der Waals surface area contributed by atoms with E-state index in [0.29, 0.717) is 11.3 Å². The van der Waals surface area contributed by atoms with E-state index in [4.69, 9.17) is 5.73 Å². The lowest BCUT2D eigenvalue weighted by Gasteiger charge is -2.24. The number of rotatable bonds is 2. The van der Waals surface area contributed by atoms with E-state index in [0.717, 1.165) is 22.2 Å². The van der Waals surface area contributed by atoms with Crippen LogP contribution in [0.1, 0.15) is 30.7 Å². The molecule has 0 radical (unpaired) electrons. The van der Waals surface area contributed by atoms with E-state index in [-0.39, 0.29) is 0 Å². The zero-order chi connectivity index (χ0) is 9.97. The van der Waals surface area contributed by atoms with E-state index in [1.54, 1.807) is 11.3 Å². The molecule has 0 aromatic carbocycles. The Morgan fingerprint density at radius 2 is 2.00 bits per heavy atom. The fourth-order valence-electron chi connectivity index (χ4n) is 1.68. The van der Waals surface area contributed by atoms with Gasteiger partial charge in [0, 0.05) is 11.3 Å². The third kappa shape index (κ3) is 2.68. The summed E-state index contributed by atoms with van der Waals surface area (Å²) in [7, 11) is 0. The molecule has 78 valence electrons. The van der Waals surface area contributed by atoms with Crippen molar-refractivity contribution in [2.45, 2.75) is 48.2 Å². The second-order valence-electron chi connectivity index (χ2n) is 3.74.